The molecule has 0 spiro atoms. The van der Waals surface area contributed by atoms with Crippen LogP contribution in [0.3, 0.4) is 0 Å². The molecule has 4 heterocycles. The largest absolute Gasteiger partial charge is 0.309 e. The Bertz CT molecular complexity index is 3780. The summed E-state index contributed by atoms with van der Waals surface area (Å²) in [5.74, 6) is 5.10. The van der Waals surface area contributed by atoms with E-state index in [2.05, 4.69) is 129 Å². The predicted molar refractivity (Wildman–Crippen MR) is 269 cm³/mol. The van der Waals surface area contributed by atoms with E-state index in [1.807, 2.05) is 0 Å². The summed E-state index contributed by atoms with van der Waals surface area (Å²) < 4.78 is 5.19. The lowest BCUT2D eigenvalue weighted by Crippen LogP contribution is -2.25. The number of rotatable bonds is 2. The van der Waals surface area contributed by atoms with Gasteiger partial charge in [0, 0.05) is 48.6 Å². The Kier molecular flexibility index (Phi) is 6.49. The molecule has 0 saturated heterocycles. The van der Waals surface area contributed by atoms with Crippen LogP contribution >= 0.6 is 0 Å². The topological polar surface area (TPSA) is 37.0 Å². The van der Waals surface area contributed by atoms with Crippen LogP contribution in [-0.4, -0.2) is 8.80 Å². The normalized spacial score (nSPS) is 26.2. The Morgan fingerprint density at radius 3 is 1.35 bits per heavy atom. The summed E-state index contributed by atoms with van der Waals surface area (Å²) in [7, 11) is 0. The van der Waals surface area contributed by atoms with Crippen LogP contribution in [0.2, 0.25) is 0 Å². The fourth-order valence-electron chi connectivity index (χ4n) is 17.3. The minimum atomic E-state index is 0.486. The summed E-state index contributed by atoms with van der Waals surface area (Å²) in [5, 5.41) is 21.7. The molecule has 0 radical (unpaired) electrons. The third kappa shape index (κ3) is 4.19. The van der Waals surface area contributed by atoms with Gasteiger partial charge in [-0.05, 0) is 180 Å². The van der Waals surface area contributed by atoms with Crippen LogP contribution in [0.4, 0.5) is 5.69 Å². The molecule has 4 saturated carbocycles. The summed E-state index contributed by atoms with van der Waals surface area (Å²) in [6.07, 6.45) is 12.8. The molecule has 11 aromatic rings. The van der Waals surface area contributed by atoms with Gasteiger partial charge in [-0.3, -0.25) is 0 Å². The van der Waals surface area contributed by atoms with Crippen molar-refractivity contribution in [3.63, 3.8) is 0 Å². The van der Waals surface area contributed by atoms with Crippen LogP contribution in [0.5, 0.6) is 0 Å². The molecule has 4 nitrogen and oxygen atoms in total. The lowest BCUT2D eigenvalue weighted by Gasteiger charge is -2.38. The monoisotopic (exact) mass is 846 g/mol. The number of nitrogens with zero attached hydrogens (tertiary/aromatic N) is 4. The molecule has 7 aromatic carbocycles. The zero-order chi connectivity index (χ0) is 42.8. The summed E-state index contributed by atoms with van der Waals surface area (Å²) >= 11 is 0. The standard InChI is InChI=1S/C62H46N4/c1-64-48-29-52-60(56-40-24-33-17-34(25-40)21-38(20-33)54(48)56)45-15-13-43(36-10-6-3-7-11-36)58-47-27-49-46(28-50(47)66(52)62(45)58)57-42(35-8-4-2-5-9-35)12-14-44-59-51(65(49)61(44)57)26-41(30-63)53-37-18-31-16-32(19-37)23-39(22-31)55(53)59/h2-15,26-29,31-34,37-40H,16-25H2. The van der Waals surface area contributed by atoms with E-state index in [9.17, 15) is 5.26 Å². The van der Waals surface area contributed by atoms with Crippen molar-refractivity contribution < 1.29 is 0 Å². The average molecular weight is 847 g/mol. The number of hydrogen-bond acceptors (Lipinski definition) is 1. The highest BCUT2D eigenvalue weighted by atomic mass is 14.9. The van der Waals surface area contributed by atoms with Crippen molar-refractivity contribution in [1.29, 1.82) is 5.26 Å². The van der Waals surface area contributed by atoms with E-state index >= 15 is 0 Å². The summed E-state index contributed by atoms with van der Waals surface area (Å²) in [6.45, 7) is 8.75. The van der Waals surface area contributed by atoms with Crippen LogP contribution in [-0.2, 0) is 0 Å². The van der Waals surface area contributed by atoms with Crippen molar-refractivity contribution >= 4 is 81.9 Å². The highest BCUT2D eigenvalue weighted by Crippen LogP contribution is 2.62. The van der Waals surface area contributed by atoms with Crippen LogP contribution in [0.15, 0.2) is 109 Å². The molecule has 19 rings (SSSR count). The first-order valence-corrected chi connectivity index (χ1v) is 25.0. The highest BCUT2D eigenvalue weighted by molar-refractivity contribution is 6.33. The summed E-state index contributed by atoms with van der Waals surface area (Å²) in [6, 6.07) is 44.2. The smallest absolute Gasteiger partial charge is 0.193 e. The Morgan fingerprint density at radius 2 is 0.879 bits per heavy atom. The zero-order valence-electron chi connectivity index (χ0n) is 36.9. The fourth-order valence-corrected chi connectivity index (χ4v) is 17.3. The van der Waals surface area contributed by atoms with Gasteiger partial charge in [0.05, 0.1) is 45.8 Å². The molecule has 0 amide bonds. The minimum absolute atomic E-state index is 0.486. The molecule has 8 aliphatic rings. The number of hydrogen-bond donors (Lipinski definition) is 0. The van der Waals surface area contributed by atoms with Crippen molar-refractivity contribution in [2.24, 2.45) is 23.7 Å². The van der Waals surface area contributed by atoms with Gasteiger partial charge >= 0.3 is 0 Å². The Hall–Kier alpha value is -6.88. The van der Waals surface area contributed by atoms with Crippen LogP contribution in [0.1, 0.15) is 116 Å². The van der Waals surface area contributed by atoms with E-state index in [0.717, 1.165) is 34.9 Å². The van der Waals surface area contributed by atoms with Gasteiger partial charge in [-0.1, -0.05) is 84.9 Å². The molecule has 8 aliphatic carbocycles. The molecule has 314 valence electrons. The first-order chi connectivity index (χ1) is 32.6. The van der Waals surface area contributed by atoms with Crippen LogP contribution in [0.25, 0.3) is 103 Å². The number of benzene rings is 7. The van der Waals surface area contributed by atoms with Crippen molar-refractivity contribution in [2.75, 3.05) is 0 Å². The molecule has 4 unspecified atom stereocenters. The SMILES string of the molecule is [C-]#[N+]c1cc2c(c3c1C1CC4CC(C1)CC3C4)c1ccc(-c3ccccc3)c3c4cc5c(cc4n2c13)c1c(-c2ccccc2)ccc2c3c4c(c(C#N)cc3n5c21)C1CC2CC(C1)CC4C2. The van der Waals surface area contributed by atoms with Gasteiger partial charge in [0.15, 0.2) is 5.69 Å². The van der Waals surface area contributed by atoms with Crippen LogP contribution < -0.4 is 0 Å². The molecule has 4 atom stereocenters. The van der Waals surface area contributed by atoms with Gasteiger partial charge in [0.25, 0.3) is 0 Å². The molecule has 4 aromatic heterocycles. The van der Waals surface area contributed by atoms with Gasteiger partial charge in [-0.25, -0.2) is 4.85 Å². The molecular formula is C62H46N4. The van der Waals surface area contributed by atoms with Gasteiger partial charge < -0.3 is 8.80 Å². The van der Waals surface area contributed by atoms with Crippen molar-refractivity contribution in [2.45, 2.75) is 87.9 Å². The quantitative estimate of drug-likeness (QED) is 0.160. The van der Waals surface area contributed by atoms with E-state index in [-0.39, 0.29) is 0 Å². The average Bonchev–Trinajstić information content (AvgIpc) is 4.00. The lowest BCUT2D eigenvalue weighted by atomic mass is 9.67. The number of nitriles is 1. The molecule has 0 aliphatic heterocycles. The Balaban J connectivity index is 1.07. The molecule has 0 N–H and O–H groups in total. The van der Waals surface area contributed by atoms with E-state index in [4.69, 9.17) is 6.57 Å². The third-order valence-electron chi connectivity index (χ3n) is 19.0. The molecule has 8 bridgehead atoms. The predicted octanol–water partition coefficient (Wildman–Crippen LogP) is 16.5. The maximum Gasteiger partial charge on any atom is 0.193 e. The van der Waals surface area contributed by atoms with Gasteiger partial charge in [-0.2, -0.15) is 5.26 Å². The molecule has 4 fully saturated rings. The van der Waals surface area contributed by atoms with E-state index < -0.39 is 0 Å². The van der Waals surface area contributed by atoms with Crippen LogP contribution in [0, 0.1) is 41.6 Å². The maximum absolute atomic E-state index is 11.1. The van der Waals surface area contributed by atoms with Gasteiger partial charge in [-0.15, -0.1) is 0 Å². The molecular weight excluding hydrogens is 801 g/mol. The van der Waals surface area contributed by atoms with Crippen molar-refractivity contribution in [1.82, 2.24) is 8.80 Å². The molecule has 66 heavy (non-hydrogen) atoms. The van der Waals surface area contributed by atoms with Gasteiger partial charge in [0.2, 0.25) is 0 Å². The lowest BCUT2D eigenvalue weighted by molar-refractivity contribution is 0.166. The second kappa shape index (κ2) is 12.1. The fraction of sp³-hybridized carbons (Fsp3) is 0.290. The van der Waals surface area contributed by atoms with Crippen molar-refractivity contribution in [3.8, 4) is 28.3 Å². The third-order valence-corrected chi connectivity index (χ3v) is 19.0. The van der Waals surface area contributed by atoms with E-state index in [0.29, 0.717) is 23.7 Å². The number of fused-ring (bicyclic) bond motifs is 12. The first kappa shape index (κ1) is 35.4. The van der Waals surface area contributed by atoms with E-state index in [1.165, 1.54) is 185 Å². The summed E-state index contributed by atoms with van der Waals surface area (Å²) in [5.41, 5.74) is 20.0. The second-order valence-electron chi connectivity index (χ2n) is 22.2. The second-order valence-corrected chi connectivity index (χ2v) is 22.2. The highest BCUT2D eigenvalue weighted by Gasteiger charge is 2.46. The number of aromatic nitrogens is 2. The minimum Gasteiger partial charge on any atom is -0.309 e. The first-order valence-electron chi connectivity index (χ1n) is 25.0. The zero-order valence-corrected chi connectivity index (χ0v) is 36.9. The molecule has 4 heteroatoms. The van der Waals surface area contributed by atoms with Gasteiger partial charge in [0.1, 0.15) is 0 Å². The van der Waals surface area contributed by atoms with E-state index in [1.54, 1.807) is 0 Å². The maximum atomic E-state index is 11.1. The Labute approximate surface area is 382 Å². The van der Waals surface area contributed by atoms with Crippen molar-refractivity contribution in [3.05, 3.63) is 148 Å². The summed E-state index contributed by atoms with van der Waals surface area (Å²) in [4.78, 5) is 4.43. The Morgan fingerprint density at radius 1 is 0.439 bits per heavy atom.